The number of aliphatic hydroxyl groups excluding tert-OH is 1. The van der Waals surface area contributed by atoms with Crippen molar-refractivity contribution >= 4 is 16.9 Å². The second-order valence-electron chi connectivity index (χ2n) is 10.3. The zero-order chi connectivity index (χ0) is 23.8. The van der Waals surface area contributed by atoms with Crippen LogP contribution in [0.1, 0.15) is 74.9 Å². The fourth-order valence-corrected chi connectivity index (χ4v) is 4.55. The lowest BCUT2D eigenvalue weighted by molar-refractivity contribution is 0.0176. The van der Waals surface area contributed by atoms with Crippen molar-refractivity contribution in [3.63, 3.8) is 0 Å². The normalized spacial score (nSPS) is 19.0. The van der Waals surface area contributed by atoms with Gasteiger partial charge in [-0.15, -0.1) is 0 Å². The number of methoxy groups -OCH3 is 1. The standard InChI is InChI=1S/C28H34O5/c1-17-6-12-21(13-7-17)32-27(30)24-22-14-18(16-29)15-23(31-5)26(22)33-25(24)19-8-10-20(11-9-19)28(2,3)4/h8-11,14-15,17,21,29H,6-7,12-13,16H2,1-5H3. The van der Waals surface area contributed by atoms with E-state index in [1.54, 1.807) is 19.2 Å². The van der Waals surface area contributed by atoms with Gasteiger partial charge in [-0.25, -0.2) is 4.79 Å². The molecule has 1 saturated carbocycles. The van der Waals surface area contributed by atoms with Crippen molar-refractivity contribution in [3.05, 3.63) is 53.1 Å². The Hall–Kier alpha value is -2.79. The van der Waals surface area contributed by atoms with Crippen LogP contribution in [0.3, 0.4) is 0 Å². The first kappa shape index (κ1) is 23.4. The smallest absolute Gasteiger partial charge is 0.343 e. The fourth-order valence-electron chi connectivity index (χ4n) is 4.55. The number of esters is 1. The first-order valence-electron chi connectivity index (χ1n) is 11.8. The molecule has 0 bridgehead atoms. The van der Waals surface area contributed by atoms with E-state index in [0.717, 1.165) is 31.2 Å². The summed E-state index contributed by atoms with van der Waals surface area (Å²) in [4.78, 5) is 13.5. The van der Waals surface area contributed by atoms with Gasteiger partial charge in [-0.2, -0.15) is 0 Å². The first-order chi connectivity index (χ1) is 15.7. The summed E-state index contributed by atoms with van der Waals surface area (Å²) in [7, 11) is 1.55. The van der Waals surface area contributed by atoms with Crippen LogP contribution in [0.2, 0.25) is 0 Å². The number of hydrogen-bond donors (Lipinski definition) is 1. The maximum Gasteiger partial charge on any atom is 0.343 e. The minimum Gasteiger partial charge on any atom is -0.493 e. The third-order valence-electron chi connectivity index (χ3n) is 6.67. The third-order valence-corrected chi connectivity index (χ3v) is 6.67. The molecule has 5 nitrogen and oxygen atoms in total. The molecule has 0 amide bonds. The molecule has 1 N–H and O–H groups in total. The number of carbonyl (C=O) groups excluding carboxylic acids is 1. The van der Waals surface area contributed by atoms with Crippen LogP contribution in [-0.2, 0) is 16.8 Å². The Morgan fingerprint density at radius 3 is 2.33 bits per heavy atom. The highest BCUT2D eigenvalue weighted by Gasteiger charge is 2.29. The molecule has 1 fully saturated rings. The largest absolute Gasteiger partial charge is 0.493 e. The van der Waals surface area contributed by atoms with Crippen LogP contribution < -0.4 is 4.74 Å². The van der Waals surface area contributed by atoms with Crippen molar-refractivity contribution in [2.45, 2.75) is 71.5 Å². The summed E-state index contributed by atoms with van der Waals surface area (Å²) < 4.78 is 17.8. The quantitative estimate of drug-likeness (QED) is 0.442. The number of furan rings is 1. The van der Waals surface area contributed by atoms with E-state index in [0.29, 0.717) is 39.5 Å². The molecule has 2 aromatic carbocycles. The molecule has 1 heterocycles. The lowest BCUT2D eigenvalue weighted by Gasteiger charge is -2.26. The van der Waals surface area contributed by atoms with Crippen molar-refractivity contribution in [3.8, 4) is 17.1 Å². The van der Waals surface area contributed by atoms with E-state index in [9.17, 15) is 9.90 Å². The molecule has 0 unspecified atom stereocenters. The molecule has 0 spiro atoms. The Morgan fingerprint density at radius 2 is 1.76 bits per heavy atom. The number of ether oxygens (including phenoxy) is 2. The van der Waals surface area contributed by atoms with Crippen LogP contribution in [-0.4, -0.2) is 24.3 Å². The van der Waals surface area contributed by atoms with Crippen LogP contribution in [0.15, 0.2) is 40.8 Å². The van der Waals surface area contributed by atoms with Gasteiger partial charge in [0.1, 0.15) is 17.4 Å². The minimum absolute atomic E-state index is 0.0194. The molecule has 1 aliphatic carbocycles. The summed E-state index contributed by atoms with van der Waals surface area (Å²) >= 11 is 0. The average Bonchev–Trinajstić information content (AvgIpc) is 3.19. The van der Waals surface area contributed by atoms with Gasteiger partial charge in [-0.1, -0.05) is 52.0 Å². The maximum atomic E-state index is 13.5. The highest BCUT2D eigenvalue weighted by molar-refractivity contribution is 6.10. The van der Waals surface area contributed by atoms with Crippen LogP contribution >= 0.6 is 0 Å². The van der Waals surface area contributed by atoms with Gasteiger partial charge >= 0.3 is 5.97 Å². The van der Waals surface area contributed by atoms with Crippen molar-refractivity contribution in [2.24, 2.45) is 5.92 Å². The Morgan fingerprint density at radius 1 is 1.09 bits per heavy atom. The van der Waals surface area contributed by atoms with E-state index in [1.165, 1.54) is 5.56 Å². The summed E-state index contributed by atoms with van der Waals surface area (Å²) in [5.74, 6) is 1.23. The zero-order valence-corrected chi connectivity index (χ0v) is 20.2. The average molecular weight is 451 g/mol. The van der Waals surface area contributed by atoms with Gasteiger partial charge in [-0.3, -0.25) is 0 Å². The Labute approximate surface area is 195 Å². The molecular formula is C28H34O5. The summed E-state index contributed by atoms with van der Waals surface area (Å²) in [6.45, 7) is 8.57. The Kier molecular flexibility index (Phi) is 6.53. The molecule has 4 rings (SSSR count). The van der Waals surface area contributed by atoms with Gasteiger partial charge in [-0.05, 0) is 60.3 Å². The third kappa shape index (κ3) is 4.79. The van der Waals surface area contributed by atoms with E-state index < -0.39 is 0 Å². The van der Waals surface area contributed by atoms with Crippen LogP contribution in [0.25, 0.3) is 22.3 Å². The van der Waals surface area contributed by atoms with Crippen LogP contribution in [0.4, 0.5) is 0 Å². The molecular weight excluding hydrogens is 416 g/mol. The number of rotatable bonds is 5. The number of carbonyl (C=O) groups is 1. The van der Waals surface area contributed by atoms with Gasteiger partial charge in [0.15, 0.2) is 11.3 Å². The number of fused-ring (bicyclic) bond motifs is 1. The molecule has 0 radical (unpaired) electrons. The van der Waals surface area contributed by atoms with Crippen molar-refractivity contribution in [2.75, 3.05) is 7.11 Å². The Bertz CT molecular complexity index is 1130. The van der Waals surface area contributed by atoms with E-state index in [-0.39, 0.29) is 24.1 Å². The second-order valence-corrected chi connectivity index (χ2v) is 10.3. The molecule has 176 valence electrons. The van der Waals surface area contributed by atoms with Crippen molar-refractivity contribution < 1.29 is 23.8 Å². The zero-order valence-electron chi connectivity index (χ0n) is 20.2. The molecule has 0 saturated heterocycles. The first-order valence-corrected chi connectivity index (χ1v) is 11.8. The summed E-state index contributed by atoms with van der Waals surface area (Å²) in [6, 6.07) is 11.6. The topological polar surface area (TPSA) is 68.9 Å². The number of hydrogen-bond acceptors (Lipinski definition) is 5. The van der Waals surface area contributed by atoms with Gasteiger partial charge in [0, 0.05) is 10.9 Å². The summed E-state index contributed by atoms with van der Waals surface area (Å²) in [5, 5.41) is 10.4. The predicted molar refractivity (Wildman–Crippen MR) is 130 cm³/mol. The van der Waals surface area contributed by atoms with E-state index in [2.05, 4.69) is 39.8 Å². The number of benzene rings is 2. The molecule has 33 heavy (non-hydrogen) atoms. The van der Waals surface area contributed by atoms with Crippen molar-refractivity contribution in [1.29, 1.82) is 0 Å². The minimum atomic E-state index is -0.389. The predicted octanol–water partition coefficient (Wildman–Crippen LogP) is 6.63. The van der Waals surface area contributed by atoms with Gasteiger partial charge < -0.3 is 19.0 Å². The number of aliphatic hydroxyl groups is 1. The van der Waals surface area contributed by atoms with Crippen LogP contribution in [0.5, 0.6) is 5.75 Å². The monoisotopic (exact) mass is 450 g/mol. The lowest BCUT2D eigenvalue weighted by Crippen LogP contribution is -2.23. The molecule has 1 aromatic heterocycles. The van der Waals surface area contributed by atoms with E-state index in [1.807, 2.05) is 12.1 Å². The molecule has 0 atom stereocenters. The second kappa shape index (κ2) is 9.22. The van der Waals surface area contributed by atoms with Crippen LogP contribution in [0, 0.1) is 5.92 Å². The lowest BCUT2D eigenvalue weighted by atomic mass is 9.86. The molecule has 1 aliphatic rings. The fraction of sp³-hybridized carbons (Fsp3) is 0.464. The molecule has 0 aliphatic heterocycles. The highest BCUT2D eigenvalue weighted by atomic mass is 16.5. The van der Waals surface area contributed by atoms with E-state index in [4.69, 9.17) is 13.9 Å². The SMILES string of the molecule is COc1cc(CO)cc2c(C(=O)OC3CCC(C)CC3)c(-c3ccc(C(C)(C)C)cc3)oc12. The summed E-state index contributed by atoms with van der Waals surface area (Å²) in [6.07, 6.45) is 3.80. The summed E-state index contributed by atoms with van der Waals surface area (Å²) in [5.41, 5.74) is 3.54. The van der Waals surface area contributed by atoms with Gasteiger partial charge in [0.2, 0.25) is 0 Å². The van der Waals surface area contributed by atoms with Gasteiger partial charge in [0.05, 0.1) is 13.7 Å². The highest BCUT2D eigenvalue weighted by Crippen LogP contribution is 2.40. The Balaban J connectivity index is 1.82. The maximum absolute atomic E-state index is 13.5. The van der Waals surface area contributed by atoms with E-state index >= 15 is 0 Å². The molecule has 5 heteroatoms. The van der Waals surface area contributed by atoms with Gasteiger partial charge in [0.25, 0.3) is 0 Å². The van der Waals surface area contributed by atoms with Crippen molar-refractivity contribution in [1.82, 2.24) is 0 Å². The molecule has 3 aromatic rings.